The molecule has 0 spiro atoms. The predicted octanol–water partition coefficient (Wildman–Crippen LogP) is 1.48. The first-order valence-electron chi connectivity index (χ1n) is 11.1. The average molecular weight is 494 g/mol. The molecule has 1 aromatic carbocycles. The molecule has 1 fully saturated rings. The quantitative estimate of drug-likeness (QED) is 0.390. The van der Waals surface area contributed by atoms with E-state index in [0.717, 1.165) is 0 Å². The molecule has 13 nitrogen and oxygen atoms in total. The second kappa shape index (κ2) is 10.3. The van der Waals surface area contributed by atoms with Crippen LogP contribution in [-0.2, 0) is 4.74 Å². The Morgan fingerprint density at radius 1 is 1.36 bits per heavy atom. The summed E-state index contributed by atoms with van der Waals surface area (Å²) in [5.74, 6) is -0.355. The maximum absolute atomic E-state index is 15.7. The first-order valence-corrected chi connectivity index (χ1v) is 11.1. The van der Waals surface area contributed by atoms with Crippen molar-refractivity contribution in [3.63, 3.8) is 0 Å². The number of ether oxygens (including phenoxy) is 1. The molecule has 2 unspecified atom stereocenters. The zero-order chi connectivity index (χ0) is 25.8. The highest BCUT2D eigenvalue weighted by molar-refractivity contribution is 5.70. The van der Waals surface area contributed by atoms with Crippen molar-refractivity contribution in [3.05, 3.63) is 35.4 Å². The Kier molecular flexibility index (Phi) is 6.98. The molecule has 1 aliphatic heterocycles. The number of amides is 1. The van der Waals surface area contributed by atoms with Crippen LogP contribution >= 0.6 is 0 Å². The summed E-state index contributed by atoms with van der Waals surface area (Å²) < 4.78 is 21.5. The van der Waals surface area contributed by atoms with Crippen LogP contribution in [0.5, 0.6) is 0 Å². The minimum atomic E-state index is -0.988. The summed E-state index contributed by atoms with van der Waals surface area (Å²) in [5.41, 5.74) is 0.711. The zero-order valence-corrected chi connectivity index (χ0v) is 19.5. The Morgan fingerprint density at radius 2 is 2.17 bits per heavy atom. The molecule has 14 heteroatoms. The number of hydrogen-bond donors (Lipinski definition) is 4. The smallest absolute Gasteiger partial charge is 0.407 e. The minimum Gasteiger partial charge on any atom is -0.453 e. The molecule has 2 atom stereocenters. The molecule has 1 saturated heterocycles. The molecule has 0 bridgehead atoms. The highest BCUT2D eigenvalue weighted by Crippen LogP contribution is 2.32. The molecule has 186 valence electrons. The molecule has 1 amide bonds. The lowest BCUT2D eigenvalue weighted by atomic mass is 10.0. The van der Waals surface area contributed by atoms with E-state index in [9.17, 15) is 20.4 Å². The normalized spacial score (nSPS) is 17.2. The lowest BCUT2D eigenvalue weighted by Crippen LogP contribution is -2.54. The van der Waals surface area contributed by atoms with Crippen LogP contribution in [0.25, 0.3) is 5.65 Å². The summed E-state index contributed by atoms with van der Waals surface area (Å²) in [6, 6.07) is 6.15. The van der Waals surface area contributed by atoms with Gasteiger partial charge >= 0.3 is 6.09 Å². The first-order chi connectivity index (χ1) is 17.4. The topological polar surface area (TPSA) is 177 Å². The number of halogens is 1. The molecule has 0 radical (unpaired) electrons. The molecule has 3 heterocycles. The van der Waals surface area contributed by atoms with Crippen LogP contribution in [0.15, 0.2) is 18.3 Å². The number of benzene rings is 1. The summed E-state index contributed by atoms with van der Waals surface area (Å²) in [7, 11) is 1.23. The second-order valence-corrected chi connectivity index (χ2v) is 7.94. The second-order valence-electron chi connectivity index (χ2n) is 7.94. The van der Waals surface area contributed by atoms with Gasteiger partial charge in [-0.2, -0.15) is 20.0 Å². The Hall–Kier alpha value is -4.69. The third-order valence-corrected chi connectivity index (χ3v) is 5.66. The number of carbonyl (C=O) groups is 1. The zero-order valence-electron chi connectivity index (χ0n) is 19.5. The van der Waals surface area contributed by atoms with E-state index in [4.69, 9.17) is 0 Å². The third kappa shape index (κ3) is 4.75. The van der Waals surface area contributed by atoms with Gasteiger partial charge in [-0.05, 0) is 25.5 Å². The van der Waals surface area contributed by atoms with Gasteiger partial charge in [-0.1, -0.05) is 0 Å². The van der Waals surface area contributed by atoms with Gasteiger partial charge in [0.15, 0.2) is 23.0 Å². The van der Waals surface area contributed by atoms with Gasteiger partial charge in [-0.25, -0.2) is 14.2 Å². The number of aliphatic hydroxyl groups excluding tert-OH is 1. The Bertz CT molecular complexity index is 1380. The number of aromatic nitrogens is 4. The van der Waals surface area contributed by atoms with Crippen LogP contribution in [0.3, 0.4) is 0 Å². The van der Waals surface area contributed by atoms with Crippen LogP contribution in [0.4, 0.5) is 32.3 Å². The molecule has 0 aliphatic carbocycles. The van der Waals surface area contributed by atoms with E-state index in [2.05, 4.69) is 35.8 Å². The van der Waals surface area contributed by atoms with Gasteiger partial charge in [0, 0.05) is 19.6 Å². The maximum atomic E-state index is 15.7. The molecule has 4 N–H and O–H groups in total. The summed E-state index contributed by atoms with van der Waals surface area (Å²) in [5, 5.41) is 42.1. The van der Waals surface area contributed by atoms with Crippen molar-refractivity contribution in [1.29, 1.82) is 10.5 Å². The largest absolute Gasteiger partial charge is 0.453 e. The molecular weight excluding hydrogens is 471 g/mol. The number of nitriles is 2. The third-order valence-electron chi connectivity index (χ3n) is 5.66. The summed E-state index contributed by atoms with van der Waals surface area (Å²) in [6.45, 7) is 2.71. The Balaban J connectivity index is 1.66. The van der Waals surface area contributed by atoms with Crippen molar-refractivity contribution in [2.24, 2.45) is 0 Å². The number of methoxy groups -OCH3 is 1. The van der Waals surface area contributed by atoms with Gasteiger partial charge in [-0.3, -0.25) is 0 Å². The fourth-order valence-electron chi connectivity index (χ4n) is 3.94. The van der Waals surface area contributed by atoms with Crippen molar-refractivity contribution in [2.45, 2.75) is 25.5 Å². The number of piperidine rings is 1. The molecule has 2 aromatic heterocycles. The van der Waals surface area contributed by atoms with E-state index in [1.165, 1.54) is 30.0 Å². The molecule has 36 heavy (non-hydrogen) atoms. The van der Waals surface area contributed by atoms with Crippen molar-refractivity contribution in [2.75, 3.05) is 42.3 Å². The van der Waals surface area contributed by atoms with Crippen molar-refractivity contribution in [1.82, 2.24) is 24.9 Å². The number of aliphatic hydroxyl groups is 1. The number of nitrogens with one attached hydrogen (secondary N) is 3. The molecular formula is C22H23FN10O3. The number of β-amino-alcohol motifs (C(OH)–C–C–N with tert-alkyl or cyclic N) is 1. The summed E-state index contributed by atoms with van der Waals surface area (Å²) >= 11 is 0. The van der Waals surface area contributed by atoms with E-state index in [1.807, 2.05) is 19.1 Å². The lowest BCUT2D eigenvalue weighted by molar-refractivity contribution is 0.103. The molecule has 1 aliphatic rings. The summed E-state index contributed by atoms with van der Waals surface area (Å²) in [4.78, 5) is 21.6. The number of alkyl carbamates (subject to hydrolysis) is 1. The van der Waals surface area contributed by atoms with Crippen LogP contribution in [-0.4, -0.2) is 69.7 Å². The number of fused-ring (bicyclic) bond motifs is 1. The number of hydrogen-bond acceptors (Lipinski definition) is 11. The minimum absolute atomic E-state index is 0.0195. The Morgan fingerprint density at radius 3 is 2.83 bits per heavy atom. The molecule has 0 saturated carbocycles. The number of anilines is 4. The van der Waals surface area contributed by atoms with E-state index in [-0.39, 0.29) is 35.1 Å². The SMILES string of the molecule is CCNc1nc(Nc2cc(C#N)cc(N3CCC(NC(=O)OC)C(O)C3)c2F)nn2c(C#N)cnc12. The number of carbonyl (C=O) groups excluding carboxylic acids is 1. The van der Waals surface area contributed by atoms with Crippen LogP contribution in [0, 0.1) is 28.5 Å². The highest BCUT2D eigenvalue weighted by atomic mass is 19.1. The van der Waals surface area contributed by atoms with Gasteiger partial charge in [0.25, 0.3) is 0 Å². The fourth-order valence-corrected chi connectivity index (χ4v) is 3.94. The van der Waals surface area contributed by atoms with E-state index < -0.39 is 24.1 Å². The van der Waals surface area contributed by atoms with Crippen LogP contribution in [0.1, 0.15) is 24.6 Å². The fraction of sp³-hybridized carbons (Fsp3) is 0.364. The maximum Gasteiger partial charge on any atom is 0.407 e. The van der Waals surface area contributed by atoms with Crippen molar-refractivity contribution in [3.8, 4) is 12.1 Å². The van der Waals surface area contributed by atoms with Gasteiger partial charge in [-0.15, -0.1) is 5.10 Å². The lowest BCUT2D eigenvalue weighted by Gasteiger charge is -2.37. The molecule has 3 aromatic rings. The van der Waals surface area contributed by atoms with Crippen LogP contribution < -0.4 is 20.9 Å². The summed E-state index contributed by atoms with van der Waals surface area (Å²) in [6.07, 6.45) is 0.0353. The van der Waals surface area contributed by atoms with Gasteiger partial charge in [0.1, 0.15) is 6.07 Å². The molecule has 4 rings (SSSR count). The van der Waals surface area contributed by atoms with E-state index in [0.29, 0.717) is 31.0 Å². The Labute approximate surface area is 205 Å². The highest BCUT2D eigenvalue weighted by Gasteiger charge is 2.31. The van der Waals surface area contributed by atoms with Crippen molar-refractivity contribution < 1.29 is 19.0 Å². The number of nitrogens with zero attached hydrogens (tertiary/aromatic N) is 7. The van der Waals surface area contributed by atoms with E-state index >= 15 is 4.39 Å². The number of rotatable bonds is 6. The van der Waals surface area contributed by atoms with Gasteiger partial charge < -0.3 is 30.7 Å². The average Bonchev–Trinajstić information content (AvgIpc) is 3.30. The first kappa shape index (κ1) is 24.4. The van der Waals surface area contributed by atoms with Crippen LogP contribution in [0.2, 0.25) is 0 Å². The number of imidazole rings is 1. The van der Waals surface area contributed by atoms with Gasteiger partial charge in [0.2, 0.25) is 5.95 Å². The monoisotopic (exact) mass is 494 g/mol. The predicted molar refractivity (Wildman–Crippen MR) is 126 cm³/mol. The van der Waals surface area contributed by atoms with E-state index in [1.54, 1.807) is 4.90 Å². The standard InChI is InChI=1S/C22H23FN10O3/c1-3-26-19-20-27-10-13(9-25)33(20)31-21(30-19)28-15-6-12(8-24)7-16(18(15)23)32-5-4-14(17(34)11-32)29-22(35)36-2/h6-7,10,14,17,34H,3-5,11H2,1-2H3,(H,29,35)(H2,26,28,30,31). The van der Waals surface area contributed by atoms with Crippen molar-refractivity contribution >= 4 is 34.9 Å². The van der Waals surface area contributed by atoms with Gasteiger partial charge in [0.05, 0.1) is 48.5 Å².